The summed E-state index contributed by atoms with van der Waals surface area (Å²) in [7, 11) is 0. The molecule has 18 heavy (non-hydrogen) atoms. The summed E-state index contributed by atoms with van der Waals surface area (Å²) in [5.41, 5.74) is 6.37. The van der Waals surface area contributed by atoms with Crippen LogP contribution in [-0.2, 0) is 11.2 Å². The quantitative estimate of drug-likeness (QED) is 0.782. The van der Waals surface area contributed by atoms with Crippen LogP contribution in [0.15, 0.2) is 5.38 Å². The Bertz CT molecular complexity index is 373. The number of hydrogen-bond donors (Lipinski definition) is 1. The van der Waals surface area contributed by atoms with Gasteiger partial charge in [0.05, 0.1) is 17.3 Å². The Labute approximate surface area is 106 Å². The van der Waals surface area contributed by atoms with Gasteiger partial charge in [-0.1, -0.05) is 0 Å². The molecule has 0 saturated carbocycles. The van der Waals surface area contributed by atoms with Gasteiger partial charge in [-0.2, -0.15) is 8.78 Å². The molecular formula is C10H14F4N2OS. The number of aryl methyl sites for hydroxylation is 1. The molecule has 0 bridgehead atoms. The first kappa shape index (κ1) is 15.3. The van der Waals surface area contributed by atoms with Crippen molar-refractivity contribution in [3.8, 4) is 0 Å². The fraction of sp³-hybridized carbons (Fsp3) is 0.700. The lowest BCUT2D eigenvalue weighted by atomic mass is 10.2. The lowest BCUT2D eigenvalue weighted by Crippen LogP contribution is -2.36. The van der Waals surface area contributed by atoms with Crippen LogP contribution in [0.1, 0.15) is 10.7 Å². The van der Waals surface area contributed by atoms with Crippen LogP contribution in [0.3, 0.4) is 0 Å². The van der Waals surface area contributed by atoms with Crippen molar-refractivity contribution in [1.82, 2.24) is 4.98 Å². The van der Waals surface area contributed by atoms with Gasteiger partial charge in [-0.05, 0) is 6.92 Å². The zero-order valence-electron chi connectivity index (χ0n) is 9.71. The number of ether oxygens (including phenoxy) is 1. The molecule has 1 aromatic rings. The third kappa shape index (κ3) is 4.87. The van der Waals surface area contributed by atoms with Crippen molar-refractivity contribution in [2.75, 3.05) is 13.2 Å². The molecule has 0 saturated heterocycles. The highest BCUT2D eigenvalue weighted by atomic mass is 32.1. The molecule has 0 aliphatic rings. The van der Waals surface area contributed by atoms with E-state index in [-0.39, 0.29) is 6.61 Å². The van der Waals surface area contributed by atoms with E-state index in [9.17, 15) is 17.6 Å². The highest BCUT2D eigenvalue weighted by molar-refractivity contribution is 7.09. The van der Waals surface area contributed by atoms with Crippen LogP contribution < -0.4 is 5.73 Å². The fourth-order valence-corrected chi connectivity index (χ4v) is 1.86. The average molecular weight is 286 g/mol. The Morgan fingerprint density at radius 3 is 2.67 bits per heavy atom. The summed E-state index contributed by atoms with van der Waals surface area (Å²) in [6.45, 7) is 0.298. The van der Waals surface area contributed by atoms with E-state index in [1.54, 1.807) is 0 Å². The summed E-state index contributed by atoms with van der Waals surface area (Å²) in [6.07, 6.45) is -3.36. The van der Waals surface area contributed by atoms with E-state index in [0.717, 1.165) is 10.7 Å². The van der Waals surface area contributed by atoms with Crippen LogP contribution in [0.25, 0.3) is 0 Å². The summed E-state index contributed by atoms with van der Waals surface area (Å²) < 4.78 is 53.2. The normalized spacial score (nSPS) is 14.2. The molecule has 1 heterocycles. The molecule has 8 heteroatoms. The molecule has 104 valence electrons. The van der Waals surface area contributed by atoms with Crippen molar-refractivity contribution in [1.29, 1.82) is 0 Å². The number of thiazole rings is 1. The molecule has 0 fully saturated rings. The van der Waals surface area contributed by atoms with Gasteiger partial charge in [0.25, 0.3) is 0 Å². The predicted molar refractivity (Wildman–Crippen MR) is 60.3 cm³/mol. The van der Waals surface area contributed by atoms with Gasteiger partial charge in [0.15, 0.2) is 0 Å². The van der Waals surface area contributed by atoms with Crippen molar-refractivity contribution in [2.24, 2.45) is 5.73 Å². The van der Waals surface area contributed by atoms with Gasteiger partial charge in [0.1, 0.15) is 6.61 Å². The number of halogens is 4. The zero-order chi connectivity index (χ0) is 13.8. The van der Waals surface area contributed by atoms with Gasteiger partial charge < -0.3 is 10.5 Å². The predicted octanol–water partition coefficient (Wildman–Crippen LogP) is 2.24. The molecule has 0 aromatic carbocycles. The van der Waals surface area contributed by atoms with Crippen LogP contribution in [0.5, 0.6) is 0 Å². The van der Waals surface area contributed by atoms with Gasteiger partial charge >= 0.3 is 12.3 Å². The number of hydrogen-bond acceptors (Lipinski definition) is 4. The Hall–Kier alpha value is -0.730. The molecule has 1 rings (SSSR count). The topological polar surface area (TPSA) is 48.1 Å². The fourth-order valence-electron chi connectivity index (χ4n) is 1.24. The minimum atomic E-state index is -4.13. The molecule has 2 N–H and O–H groups in total. The molecular weight excluding hydrogens is 272 g/mol. The van der Waals surface area contributed by atoms with Crippen LogP contribution in [0.2, 0.25) is 0 Å². The molecule has 3 nitrogen and oxygen atoms in total. The van der Waals surface area contributed by atoms with Crippen molar-refractivity contribution in [2.45, 2.75) is 31.7 Å². The number of alkyl halides is 4. The standard InChI is InChI=1S/C10H14F4N2OS/c1-6-16-8(4-18-6)2-7(15)3-17-5-10(13,14)9(11)12/h4,7,9H,2-3,5,15H2,1H3. The SMILES string of the molecule is Cc1nc(CC(N)COCC(F)(F)C(F)F)cs1. The third-order valence-electron chi connectivity index (χ3n) is 2.08. The van der Waals surface area contributed by atoms with Gasteiger partial charge in [-0.25, -0.2) is 13.8 Å². The first-order valence-electron chi connectivity index (χ1n) is 5.21. The first-order chi connectivity index (χ1) is 8.31. The summed E-state index contributed by atoms with van der Waals surface area (Å²) in [6, 6.07) is -0.542. The van der Waals surface area contributed by atoms with Gasteiger partial charge in [-0.15, -0.1) is 11.3 Å². The Morgan fingerprint density at radius 2 is 2.17 bits per heavy atom. The van der Waals surface area contributed by atoms with Gasteiger partial charge in [0.2, 0.25) is 0 Å². The summed E-state index contributed by atoms with van der Waals surface area (Å²) in [5, 5.41) is 2.69. The maximum absolute atomic E-state index is 12.5. The van der Waals surface area contributed by atoms with Crippen molar-refractivity contribution in [3.63, 3.8) is 0 Å². The molecule has 1 aromatic heterocycles. The first-order valence-corrected chi connectivity index (χ1v) is 6.09. The second kappa shape index (κ2) is 6.44. The Morgan fingerprint density at radius 1 is 1.50 bits per heavy atom. The molecule has 0 aliphatic carbocycles. The molecule has 0 spiro atoms. The minimum Gasteiger partial charge on any atom is -0.373 e. The maximum atomic E-state index is 12.5. The largest absolute Gasteiger partial charge is 0.373 e. The van der Waals surface area contributed by atoms with Crippen LogP contribution in [0.4, 0.5) is 17.6 Å². The van der Waals surface area contributed by atoms with Crippen molar-refractivity contribution >= 4 is 11.3 Å². The van der Waals surface area contributed by atoms with E-state index in [2.05, 4.69) is 9.72 Å². The zero-order valence-corrected chi connectivity index (χ0v) is 10.5. The van der Waals surface area contributed by atoms with E-state index < -0.39 is 25.0 Å². The molecule has 0 radical (unpaired) electrons. The summed E-state index contributed by atoms with van der Waals surface area (Å²) in [5.74, 6) is -4.13. The molecule has 1 unspecified atom stereocenters. The summed E-state index contributed by atoms with van der Waals surface area (Å²) in [4.78, 5) is 4.15. The lowest BCUT2D eigenvalue weighted by molar-refractivity contribution is -0.166. The van der Waals surface area contributed by atoms with E-state index in [1.165, 1.54) is 11.3 Å². The molecule has 0 aliphatic heterocycles. The van der Waals surface area contributed by atoms with Crippen LogP contribution in [0, 0.1) is 6.92 Å². The Kier molecular flexibility index (Phi) is 5.48. The van der Waals surface area contributed by atoms with E-state index in [1.807, 2.05) is 12.3 Å². The monoisotopic (exact) mass is 286 g/mol. The van der Waals surface area contributed by atoms with E-state index in [4.69, 9.17) is 5.73 Å². The number of nitrogens with zero attached hydrogens (tertiary/aromatic N) is 1. The third-order valence-corrected chi connectivity index (χ3v) is 2.91. The van der Waals surface area contributed by atoms with E-state index in [0.29, 0.717) is 6.42 Å². The molecule has 0 amide bonds. The van der Waals surface area contributed by atoms with Crippen molar-refractivity contribution in [3.05, 3.63) is 16.1 Å². The van der Waals surface area contributed by atoms with E-state index >= 15 is 0 Å². The summed E-state index contributed by atoms with van der Waals surface area (Å²) >= 11 is 1.45. The maximum Gasteiger partial charge on any atom is 0.330 e. The average Bonchev–Trinajstić information content (AvgIpc) is 2.63. The highest BCUT2D eigenvalue weighted by Gasteiger charge is 2.41. The number of rotatable bonds is 7. The number of aromatic nitrogens is 1. The number of nitrogens with two attached hydrogens (primary N) is 1. The van der Waals surface area contributed by atoms with Crippen molar-refractivity contribution < 1.29 is 22.3 Å². The highest BCUT2D eigenvalue weighted by Crippen LogP contribution is 2.22. The lowest BCUT2D eigenvalue weighted by Gasteiger charge is -2.17. The second-order valence-corrected chi connectivity index (χ2v) is 4.96. The smallest absolute Gasteiger partial charge is 0.330 e. The van der Waals surface area contributed by atoms with Crippen LogP contribution >= 0.6 is 11.3 Å². The Balaban J connectivity index is 2.27. The van der Waals surface area contributed by atoms with Gasteiger partial charge in [0, 0.05) is 17.8 Å². The minimum absolute atomic E-state index is 0.209. The van der Waals surface area contributed by atoms with Crippen LogP contribution in [-0.4, -0.2) is 36.6 Å². The molecule has 1 atom stereocenters. The van der Waals surface area contributed by atoms with Gasteiger partial charge in [-0.3, -0.25) is 0 Å². The second-order valence-electron chi connectivity index (χ2n) is 3.90.